The van der Waals surface area contributed by atoms with Crippen LogP contribution in [0, 0.1) is 0 Å². The van der Waals surface area contributed by atoms with Gasteiger partial charge in [0.15, 0.2) is 0 Å². The summed E-state index contributed by atoms with van der Waals surface area (Å²) in [5.41, 5.74) is 0.529. The van der Waals surface area contributed by atoms with E-state index < -0.39 is 11.8 Å². The predicted octanol–water partition coefficient (Wildman–Crippen LogP) is 1.15. The van der Waals surface area contributed by atoms with Gasteiger partial charge < -0.3 is 20.3 Å². The van der Waals surface area contributed by atoms with Crippen molar-refractivity contribution in [2.24, 2.45) is 0 Å². The van der Waals surface area contributed by atoms with E-state index in [1.807, 2.05) is 6.92 Å². The van der Waals surface area contributed by atoms with Gasteiger partial charge in [0.2, 0.25) is 5.91 Å². The number of ether oxygens (including phenoxy) is 1. The van der Waals surface area contributed by atoms with Gasteiger partial charge in [-0.1, -0.05) is 0 Å². The summed E-state index contributed by atoms with van der Waals surface area (Å²) in [5, 5.41) is 5.09. The number of nitrogens with zero attached hydrogens (tertiary/aromatic N) is 1. The first-order valence-corrected chi connectivity index (χ1v) is 8.20. The highest BCUT2D eigenvalue weighted by molar-refractivity contribution is 6.39. The maximum absolute atomic E-state index is 11.8. The lowest BCUT2D eigenvalue weighted by molar-refractivity contribution is -0.136. The highest BCUT2D eigenvalue weighted by atomic mass is 16.5. The Labute approximate surface area is 141 Å². The molecule has 1 fully saturated rings. The number of amides is 3. The van der Waals surface area contributed by atoms with E-state index in [-0.39, 0.29) is 5.91 Å². The summed E-state index contributed by atoms with van der Waals surface area (Å²) in [7, 11) is 0. The quantitative estimate of drug-likeness (QED) is 0.579. The monoisotopic (exact) mass is 333 g/mol. The molecular formula is C17H23N3O4. The first-order valence-electron chi connectivity index (χ1n) is 8.20. The summed E-state index contributed by atoms with van der Waals surface area (Å²) in [6.07, 6.45) is 2.14. The summed E-state index contributed by atoms with van der Waals surface area (Å²) in [4.78, 5) is 36.8. The van der Waals surface area contributed by atoms with Crippen molar-refractivity contribution >= 4 is 23.4 Å². The number of carbonyl (C=O) groups excluding carboxylic acids is 3. The van der Waals surface area contributed by atoms with Crippen LogP contribution in [0.4, 0.5) is 5.69 Å². The zero-order valence-electron chi connectivity index (χ0n) is 13.8. The first-order chi connectivity index (χ1) is 11.6. The topological polar surface area (TPSA) is 87.7 Å². The molecule has 0 aromatic heterocycles. The zero-order chi connectivity index (χ0) is 17.4. The van der Waals surface area contributed by atoms with Gasteiger partial charge in [0.1, 0.15) is 5.75 Å². The molecule has 1 aromatic carbocycles. The standard InChI is InChI=1S/C17H23N3O4/c1-2-24-14-8-6-13(7-9-14)19-17(23)16(22)18-10-4-12-20-11-3-5-15(20)21/h6-9H,2-5,10-12H2,1H3,(H,18,22)(H,19,23). The summed E-state index contributed by atoms with van der Waals surface area (Å²) < 4.78 is 5.31. The third kappa shape index (κ3) is 5.26. The normalized spacial score (nSPS) is 13.7. The molecule has 24 heavy (non-hydrogen) atoms. The Morgan fingerprint density at radius 3 is 2.58 bits per heavy atom. The van der Waals surface area contributed by atoms with Gasteiger partial charge in [0, 0.05) is 31.7 Å². The zero-order valence-corrected chi connectivity index (χ0v) is 13.8. The third-order valence-corrected chi connectivity index (χ3v) is 3.69. The highest BCUT2D eigenvalue weighted by Gasteiger charge is 2.19. The van der Waals surface area contributed by atoms with E-state index in [1.165, 1.54) is 0 Å². The molecule has 0 unspecified atom stereocenters. The van der Waals surface area contributed by atoms with Crippen molar-refractivity contribution in [3.63, 3.8) is 0 Å². The Hall–Kier alpha value is -2.57. The molecule has 1 aliphatic rings. The molecule has 1 aromatic rings. The van der Waals surface area contributed by atoms with E-state index >= 15 is 0 Å². The largest absolute Gasteiger partial charge is 0.494 e. The smallest absolute Gasteiger partial charge is 0.313 e. The van der Waals surface area contributed by atoms with E-state index in [0.29, 0.717) is 44.0 Å². The molecule has 7 heteroatoms. The average molecular weight is 333 g/mol. The Morgan fingerprint density at radius 2 is 1.96 bits per heavy atom. The minimum atomic E-state index is -0.712. The van der Waals surface area contributed by atoms with E-state index in [0.717, 1.165) is 13.0 Å². The number of likely N-dealkylation sites (tertiary alicyclic amines) is 1. The maximum atomic E-state index is 11.8. The molecular weight excluding hydrogens is 310 g/mol. The van der Waals surface area contributed by atoms with Crippen LogP contribution in [0.15, 0.2) is 24.3 Å². The molecule has 0 bridgehead atoms. The molecule has 0 radical (unpaired) electrons. The van der Waals surface area contributed by atoms with Crippen molar-refractivity contribution in [3.05, 3.63) is 24.3 Å². The number of hydrogen-bond donors (Lipinski definition) is 2. The van der Waals surface area contributed by atoms with Crippen LogP contribution in [0.2, 0.25) is 0 Å². The molecule has 2 N–H and O–H groups in total. The number of carbonyl (C=O) groups is 3. The number of nitrogens with one attached hydrogen (secondary N) is 2. The van der Waals surface area contributed by atoms with Crippen molar-refractivity contribution in [2.45, 2.75) is 26.2 Å². The van der Waals surface area contributed by atoms with E-state index in [1.54, 1.807) is 29.2 Å². The van der Waals surface area contributed by atoms with Crippen molar-refractivity contribution in [1.82, 2.24) is 10.2 Å². The molecule has 3 amide bonds. The molecule has 1 heterocycles. The van der Waals surface area contributed by atoms with Gasteiger partial charge in [-0.15, -0.1) is 0 Å². The molecule has 2 rings (SSSR count). The van der Waals surface area contributed by atoms with Gasteiger partial charge in [0.05, 0.1) is 6.61 Å². The summed E-state index contributed by atoms with van der Waals surface area (Å²) in [6.45, 7) is 4.21. The highest BCUT2D eigenvalue weighted by Crippen LogP contribution is 2.15. The van der Waals surface area contributed by atoms with Crippen molar-refractivity contribution < 1.29 is 19.1 Å². The predicted molar refractivity (Wildman–Crippen MR) is 89.7 cm³/mol. The first kappa shape index (κ1) is 17.8. The second kappa shape index (κ2) is 8.90. The molecule has 0 aliphatic carbocycles. The summed E-state index contributed by atoms with van der Waals surface area (Å²) >= 11 is 0. The van der Waals surface area contributed by atoms with Gasteiger partial charge in [0.25, 0.3) is 0 Å². The second-order valence-corrected chi connectivity index (χ2v) is 5.51. The van der Waals surface area contributed by atoms with E-state index in [2.05, 4.69) is 10.6 Å². The van der Waals surface area contributed by atoms with Crippen LogP contribution in [-0.2, 0) is 14.4 Å². The van der Waals surface area contributed by atoms with Crippen molar-refractivity contribution in [3.8, 4) is 5.75 Å². The third-order valence-electron chi connectivity index (χ3n) is 3.69. The Bertz CT molecular complexity index is 586. The van der Waals surface area contributed by atoms with Crippen LogP contribution in [-0.4, -0.2) is 48.9 Å². The maximum Gasteiger partial charge on any atom is 0.313 e. The average Bonchev–Trinajstić information content (AvgIpc) is 2.98. The SMILES string of the molecule is CCOc1ccc(NC(=O)C(=O)NCCCN2CCCC2=O)cc1. The fourth-order valence-electron chi connectivity index (χ4n) is 2.48. The molecule has 1 saturated heterocycles. The minimum Gasteiger partial charge on any atom is -0.494 e. The number of benzene rings is 1. The van der Waals surface area contributed by atoms with Gasteiger partial charge in [-0.3, -0.25) is 14.4 Å². The Balaban J connectivity index is 1.68. The van der Waals surface area contributed by atoms with Crippen LogP contribution in [0.25, 0.3) is 0 Å². The summed E-state index contributed by atoms with van der Waals surface area (Å²) in [6, 6.07) is 6.80. The number of rotatable bonds is 7. The Morgan fingerprint density at radius 1 is 1.21 bits per heavy atom. The molecule has 130 valence electrons. The van der Waals surface area contributed by atoms with Crippen LogP contribution in [0.1, 0.15) is 26.2 Å². The molecule has 7 nitrogen and oxygen atoms in total. The van der Waals surface area contributed by atoms with Crippen LogP contribution in [0.3, 0.4) is 0 Å². The summed E-state index contributed by atoms with van der Waals surface area (Å²) in [5.74, 6) is -0.529. The van der Waals surface area contributed by atoms with E-state index in [4.69, 9.17) is 4.74 Å². The van der Waals surface area contributed by atoms with Gasteiger partial charge >= 0.3 is 11.8 Å². The van der Waals surface area contributed by atoms with Gasteiger partial charge in [-0.25, -0.2) is 0 Å². The number of hydrogen-bond acceptors (Lipinski definition) is 4. The molecule has 0 saturated carbocycles. The van der Waals surface area contributed by atoms with Gasteiger partial charge in [-0.2, -0.15) is 0 Å². The molecule has 1 aliphatic heterocycles. The fraction of sp³-hybridized carbons (Fsp3) is 0.471. The second-order valence-electron chi connectivity index (χ2n) is 5.51. The fourth-order valence-corrected chi connectivity index (χ4v) is 2.48. The Kier molecular flexibility index (Phi) is 6.60. The lowest BCUT2D eigenvalue weighted by atomic mass is 10.3. The van der Waals surface area contributed by atoms with Crippen LogP contribution in [0.5, 0.6) is 5.75 Å². The lowest BCUT2D eigenvalue weighted by Gasteiger charge is -2.15. The molecule has 0 atom stereocenters. The van der Waals surface area contributed by atoms with Gasteiger partial charge in [-0.05, 0) is 44.0 Å². The van der Waals surface area contributed by atoms with Crippen molar-refractivity contribution in [1.29, 1.82) is 0 Å². The lowest BCUT2D eigenvalue weighted by Crippen LogP contribution is -2.37. The number of anilines is 1. The van der Waals surface area contributed by atoms with Crippen LogP contribution >= 0.6 is 0 Å². The molecule has 0 spiro atoms. The van der Waals surface area contributed by atoms with Crippen LogP contribution < -0.4 is 15.4 Å². The van der Waals surface area contributed by atoms with Crippen molar-refractivity contribution in [2.75, 3.05) is 31.6 Å². The minimum absolute atomic E-state index is 0.162. The van der Waals surface area contributed by atoms with E-state index in [9.17, 15) is 14.4 Å².